The Hall–Kier alpha value is -1.30. The molecular formula is C43H76N4O6. The Morgan fingerprint density at radius 3 is 2.34 bits per heavy atom. The maximum Gasteiger partial charge on any atom is 0.240 e. The summed E-state index contributed by atoms with van der Waals surface area (Å²) in [7, 11) is 6.11. The van der Waals surface area contributed by atoms with Crippen LogP contribution in [0.25, 0.3) is 0 Å². The number of carbonyl (C=O) groups excluding carboxylic acids is 2. The summed E-state index contributed by atoms with van der Waals surface area (Å²) in [6, 6.07) is -0.254. The van der Waals surface area contributed by atoms with Gasteiger partial charge in [0.2, 0.25) is 11.8 Å². The summed E-state index contributed by atoms with van der Waals surface area (Å²) in [6.45, 7) is 12.1. The fraction of sp³-hybridized carbons (Fsp3) is 0.953. The lowest BCUT2D eigenvalue weighted by Gasteiger charge is -2.62. The average molecular weight is 745 g/mol. The van der Waals surface area contributed by atoms with Crippen molar-refractivity contribution in [3.8, 4) is 0 Å². The molecule has 0 aromatic carbocycles. The summed E-state index contributed by atoms with van der Waals surface area (Å²) < 4.78 is 6.42. The molecule has 15 atom stereocenters. The number of ether oxygens (including phenoxy) is 1. The van der Waals surface area contributed by atoms with Crippen LogP contribution in [0.2, 0.25) is 0 Å². The van der Waals surface area contributed by atoms with Crippen LogP contribution in [0.5, 0.6) is 0 Å². The number of fused-ring (bicyclic) bond motifs is 2. The third-order valence-electron chi connectivity index (χ3n) is 16.2. The molecular weight excluding hydrogens is 668 g/mol. The minimum absolute atomic E-state index is 0.0107. The van der Waals surface area contributed by atoms with Crippen LogP contribution in [0, 0.1) is 64.6 Å². The minimum Gasteiger partial charge on any atom is -0.394 e. The van der Waals surface area contributed by atoms with Gasteiger partial charge in [-0.1, -0.05) is 66.2 Å². The summed E-state index contributed by atoms with van der Waals surface area (Å²) in [5, 5.41) is 30.0. The molecule has 7 rings (SSSR count). The summed E-state index contributed by atoms with van der Waals surface area (Å²) >= 11 is 0. The van der Waals surface area contributed by atoms with Gasteiger partial charge < -0.3 is 30.5 Å². The van der Waals surface area contributed by atoms with E-state index in [-0.39, 0.29) is 42.4 Å². The lowest BCUT2D eigenvalue weighted by molar-refractivity contribution is -0.193. The number of nitrogens with one attached hydrogen (secondary N) is 2. The van der Waals surface area contributed by atoms with Crippen molar-refractivity contribution in [1.82, 2.24) is 20.6 Å². The molecule has 0 aromatic rings. The molecule has 0 aromatic heterocycles. The highest BCUT2D eigenvalue weighted by Gasteiger charge is 2.58. The zero-order valence-electron chi connectivity index (χ0n) is 34.5. The van der Waals surface area contributed by atoms with Crippen molar-refractivity contribution in [1.29, 1.82) is 0 Å². The first-order valence-corrected chi connectivity index (χ1v) is 21.7. The zero-order chi connectivity index (χ0) is 38.2. The molecule has 2 amide bonds. The van der Waals surface area contributed by atoms with Gasteiger partial charge in [0, 0.05) is 50.0 Å². The topological polar surface area (TPSA) is 124 Å². The van der Waals surface area contributed by atoms with E-state index in [1.165, 1.54) is 38.5 Å². The maximum atomic E-state index is 14.3. The Balaban J connectivity index is 1.14. The average Bonchev–Trinajstić information content (AvgIpc) is 3.52. The van der Waals surface area contributed by atoms with Crippen molar-refractivity contribution < 1.29 is 29.4 Å². The Morgan fingerprint density at radius 1 is 0.981 bits per heavy atom. The van der Waals surface area contributed by atoms with Crippen LogP contribution in [0.1, 0.15) is 118 Å². The van der Waals surface area contributed by atoms with E-state index in [0.29, 0.717) is 53.5 Å². The van der Waals surface area contributed by atoms with Gasteiger partial charge >= 0.3 is 0 Å². The largest absolute Gasteiger partial charge is 0.394 e. The maximum absolute atomic E-state index is 14.3. The number of amides is 2. The van der Waals surface area contributed by atoms with Gasteiger partial charge in [0.1, 0.15) is 12.1 Å². The van der Waals surface area contributed by atoms with Gasteiger partial charge in [-0.15, -0.1) is 0 Å². The number of methoxy groups -OCH3 is 1. The molecule has 10 nitrogen and oxygen atoms in total. The molecule has 6 saturated carbocycles. The van der Waals surface area contributed by atoms with E-state index in [1.807, 2.05) is 7.11 Å². The number of aliphatic hydroxyl groups is 2. The first-order chi connectivity index (χ1) is 25.2. The highest BCUT2D eigenvalue weighted by molar-refractivity contribution is 5.83. The van der Waals surface area contributed by atoms with Crippen molar-refractivity contribution in [2.24, 2.45) is 64.6 Å². The first-order valence-electron chi connectivity index (χ1n) is 21.7. The normalized spacial score (nSPS) is 41.8. The number of hydrogen-bond donors (Lipinski definition) is 4. The lowest BCUT2D eigenvalue weighted by atomic mass is 9.45. The first kappa shape index (κ1) is 41.3. The van der Waals surface area contributed by atoms with Gasteiger partial charge in [-0.3, -0.25) is 14.4 Å². The molecule has 6 unspecified atom stereocenters. The number of hydrogen-bond acceptors (Lipinski definition) is 8. The van der Waals surface area contributed by atoms with Crippen LogP contribution in [-0.4, -0.2) is 109 Å². The van der Waals surface area contributed by atoms with E-state index in [9.17, 15) is 19.8 Å². The fourth-order valence-electron chi connectivity index (χ4n) is 12.7. The third-order valence-corrected chi connectivity index (χ3v) is 16.2. The predicted octanol–water partition coefficient (Wildman–Crippen LogP) is 5.26. The fourth-order valence-corrected chi connectivity index (χ4v) is 12.7. The molecule has 53 heavy (non-hydrogen) atoms. The van der Waals surface area contributed by atoms with Gasteiger partial charge in [-0.05, 0) is 113 Å². The van der Waals surface area contributed by atoms with Gasteiger partial charge in [0.15, 0.2) is 0 Å². The Labute approximate surface area is 321 Å². The smallest absolute Gasteiger partial charge is 0.240 e. The molecule has 7 aliphatic rings. The molecule has 0 radical (unpaired) electrons. The minimum atomic E-state index is -0.819. The molecule has 2 bridgehead atoms. The van der Waals surface area contributed by atoms with Gasteiger partial charge in [0.05, 0.1) is 18.8 Å². The molecule has 7 fully saturated rings. The van der Waals surface area contributed by atoms with E-state index >= 15 is 0 Å². The monoisotopic (exact) mass is 745 g/mol. The summed E-state index contributed by atoms with van der Waals surface area (Å²) in [4.78, 5) is 36.9. The molecule has 0 spiro atoms. The zero-order valence-corrected chi connectivity index (χ0v) is 34.5. The van der Waals surface area contributed by atoms with Crippen LogP contribution >= 0.6 is 0 Å². The van der Waals surface area contributed by atoms with Gasteiger partial charge in [0.25, 0.3) is 0 Å². The molecule has 304 valence electrons. The van der Waals surface area contributed by atoms with Crippen LogP contribution < -0.4 is 10.6 Å². The van der Waals surface area contributed by atoms with E-state index < -0.39 is 24.2 Å². The van der Waals surface area contributed by atoms with Crippen LogP contribution in [0.3, 0.4) is 0 Å². The number of aliphatic hydroxyl groups excluding tert-OH is 2. The molecule has 4 N–H and O–H groups in total. The van der Waals surface area contributed by atoms with Crippen molar-refractivity contribution in [2.45, 2.75) is 155 Å². The lowest BCUT2D eigenvalue weighted by Crippen LogP contribution is -2.62. The second kappa shape index (κ2) is 17.5. The van der Waals surface area contributed by atoms with E-state index in [0.717, 1.165) is 57.4 Å². The number of carbonyl (C=O) groups is 2. The second-order valence-corrected chi connectivity index (χ2v) is 19.7. The molecule has 1 heterocycles. The molecule has 1 saturated heterocycles. The Bertz CT molecular complexity index is 1230. The molecule has 10 heteroatoms. The number of rotatable bonds is 13. The standard InChI is InChI=1S/C43H76N4O6/c1-25(28-13-10-9-11-14-28)22-44-41(50)31-17-30(18-33(19-31)46(6)7)34-16-12-15-29(40(34)52-8)23-47-39(38(27(3)49)37(24-48)53-47)42(51)45-36-21-32-20-35(26(36)2)43(32,4)5/h25-40,48-49H,9-24H2,1-8H3,(H,44,50)(H,45,51)/t25-,26-,27-,29?,30?,31?,32+,33?,34?,35-,36-,37-,38+,39-,40?/m0/s1. The number of hydroxylamine groups is 2. The Kier molecular flexibility index (Phi) is 13.6. The third kappa shape index (κ3) is 8.68. The Morgan fingerprint density at radius 2 is 1.72 bits per heavy atom. The SMILES string of the molecule is COC1C(CN2O[C@@H](CO)[C@@H]([C@H](C)O)[C@H]2C(=O)N[C@H]2C[C@H]3C[C@@H]([C@@H]2C)C3(C)C)CCCC1C1CC(C(=O)NC[C@H](C)C2CCCCC2)CC(N(C)C)C1. The number of nitrogens with zero attached hydrogens (tertiary/aromatic N) is 2. The highest BCUT2D eigenvalue weighted by Crippen LogP contribution is 2.61. The highest BCUT2D eigenvalue weighted by atomic mass is 16.7. The van der Waals surface area contributed by atoms with Gasteiger partial charge in [-0.25, -0.2) is 0 Å². The van der Waals surface area contributed by atoms with E-state index in [2.05, 4.69) is 57.3 Å². The van der Waals surface area contributed by atoms with Crippen LogP contribution in [0.4, 0.5) is 0 Å². The van der Waals surface area contributed by atoms with Gasteiger partial charge in [-0.2, -0.15) is 5.06 Å². The van der Waals surface area contributed by atoms with Crippen molar-refractivity contribution in [2.75, 3.05) is 40.9 Å². The summed E-state index contributed by atoms with van der Waals surface area (Å²) in [5.41, 5.74) is 0.321. The molecule has 6 aliphatic carbocycles. The van der Waals surface area contributed by atoms with Crippen molar-refractivity contribution in [3.05, 3.63) is 0 Å². The summed E-state index contributed by atoms with van der Waals surface area (Å²) in [5.74, 6) is 3.19. The summed E-state index contributed by atoms with van der Waals surface area (Å²) in [6.07, 6.45) is 13.2. The predicted molar refractivity (Wildman–Crippen MR) is 207 cm³/mol. The van der Waals surface area contributed by atoms with Crippen LogP contribution in [0.15, 0.2) is 0 Å². The quantitative estimate of drug-likeness (QED) is 0.202. The molecule has 1 aliphatic heterocycles. The van der Waals surface area contributed by atoms with Crippen LogP contribution in [-0.2, 0) is 19.2 Å². The second-order valence-electron chi connectivity index (χ2n) is 19.7. The van der Waals surface area contributed by atoms with E-state index in [4.69, 9.17) is 9.57 Å². The van der Waals surface area contributed by atoms with E-state index in [1.54, 1.807) is 12.0 Å². The van der Waals surface area contributed by atoms with Crippen molar-refractivity contribution >= 4 is 11.8 Å². The van der Waals surface area contributed by atoms with Crippen molar-refractivity contribution in [3.63, 3.8) is 0 Å².